The SMILES string of the molecule is O=C=NC1CCC(N=C=O)(C2(N=C=O)CCC(N=C=O)CC2)CC1. The Morgan fingerprint density at radius 1 is 0.583 bits per heavy atom. The summed E-state index contributed by atoms with van der Waals surface area (Å²) in [6.07, 6.45) is 10.5. The van der Waals surface area contributed by atoms with E-state index in [4.69, 9.17) is 0 Å². The second-order valence-corrected chi connectivity index (χ2v) is 6.37. The molecular weight excluding hydrogens is 312 g/mol. The molecule has 0 amide bonds. The monoisotopic (exact) mass is 330 g/mol. The second-order valence-electron chi connectivity index (χ2n) is 6.37. The number of nitrogens with zero attached hydrogens (tertiary/aromatic N) is 4. The molecule has 0 heterocycles. The minimum atomic E-state index is -0.850. The molecule has 0 aromatic heterocycles. The number of aliphatic imine (C=N–C) groups is 4. The Balaban J connectivity index is 2.32. The Kier molecular flexibility index (Phi) is 5.86. The number of carbonyl (C=O) groups excluding carboxylic acids is 4. The minimum absolute atomic E-state index is 0.147. The molecule has 126 valence electrons. The standard InChI is InChI=1S/C16H18N4O4/c21-9-17-13-1-5-15(6-2-13,19-11-23)16(20-12-24)7-3-14(4-8-16)18-10-22/h13-14H,1-8H2. The Hall–Kier alpha value is -2.48. The fraction of sp³-hybridized carbons (Fsp3) is 0.750. The van der Waals surface area contributed by atoms with Crippen molar-refractivity contribution in [2.75, 3.05) is 0 Å². The van der Waals surface area contributed by atoms with E-state index in [0.29, 0.717) is 51.4 Å². The van der Waals surface area contributed by atoms with Crippen LogP contribution in [0.5, 0.6) is 0 Å². The zero-order valence-electron chi connectivity index (χ0n) is 13.2. The first-order chi connectivity index (χ1) is 11.6. The minimum Gasteiger partial charge on any atom is -0.211 e. The number of hydrogen-bond acceptors (Lipinski definition) is 8. The van der Waals surface area contributed by atoms with Crippen molar-refractivity contribution in [3.8, 4) is 0 Å². The maximum absolute atomic E-state index is 11.1. The van der Waals surface area contributed by atoms with Gasteiger partial charge in [0.15, 0.2) is 0 Å². The van der Waals surface area contributed by atoms with Crippen LogP contribution in [0.25, 0.3) is 0 Å². The maximum Gasteiger partial charge on any atom is 0.235 e. The molecule has 24 heavy (non-hydrogen) atoms. The summed E-state index contributed by atoms with van der Waals surface area (Å²) in [5.41, 5.74) is -1.70. The van der Waals surface area contributed by atoms with Crippen molar-refractivity contribution < 1.29 is 19.2 Å². The highest BCUT2D eigenvalue weighted by atomic mass is 16.1. The van der Waals surface area contributed by atoms with Gasteiger partial charge in [-0.05, 0) is 51.4 Å². The first-order valence-corrected chi connectivity index (χ1v) is 7.97. The van der Waals surface area contributed by atoms with E-state index in [1.165, 1.54) is 0 Å². The third-order valence-electron chi connectivity index (χ3n) is 5.42. The zero-order valence-corrected chi connectivity index (χ0v) is 13.2. The molecule has 0 spiro atoms. The van der Waals surface area contributed by atoms with E-state index in [1.54, 1.807) is 24.3 Å². The third-order valence-corrected chi connectivity index (χ3v) is 5.42. The Bertz CT molecular complexity index is 592. The van der Waals surface area contributed by atoms with Crippen LogP contribution in [0.15, 0.2) is 20.0 Å². The van der Waals surface area contributed by atoms with Crippen molar-refractivity contribution in [2.24, 2.45) is 20.0 Å². The van der Waals surface area contributed by atoms with Crippen LogP contribution in [0.3, 0.4) is 0 Å². The molecule has 0 atom stereocenters. The van der Waals surface area contributed by atoms with Crippen LogP contribution in [-0.2, 0) is 19.2 Å². The number of hydrogen-bond donors (Lipinski definition) is 0. The van der Waals surface area contributed by atoms with Crippen LogP contribution in [0.4, 0.5) is 0 Å². The van der Waals surface area contributed by atoms with E-state index in [-0.39, 0.29) is 12.1 Å². The predicted molar refractivity (Wildman–Crippen MR) is 82.5 cm³/mol. The molecule has 2 rings (SSSR count). The molecule has 2 aliphatic carbocycles. The van der Waals surface area contributed by atoms with Crippen molar-refractivity contribution >= 4 is 24.3 Å². The van der Waals surface area contributed by atoms with Gasteiger partial charge in [-0.3, -0.25) is 0 Å². The summed E-state index contributed by atoms with van der Waals surface area (Å²) in [5.74, 6) is 0. The van der Waals surface area contributed by atoms with Gasteiger partial charge < -0.3 is 0 Å². The molecule has 0 bridgehead atoms. The summed E-state index contributed by atoms with van der Waals surface area (Å²) in [6, 6.07) is -0.295. The molecule has 8 heteroatoms. The van der Waals surface area contributed by atoms with Crippen molar-refractivity contribution in [1.29, 1.82) is 0 Å². The van der Waals surface area contributed by atoms with Crippen LogP contribution in [0.2, 0.25) is 0 Å². The van der Waals surface area contributed by atoms with E-state index in [9.17, 15) is 19.2 Å². The molecule has 0 unspecified atom stereocenters. The van der Waals surface area contributed by atoms with Gasteiger partial charge in [0.2, 0.25) is 24.3 Å². The lowest BCUT2D eigenvalue weighted by Gasteiger charge is -2.49. The van der Waals surface area contributed by atoms with Gasteiger partial charge >= 0.3 is 0 Å². The lowest BCUT2D eigenvalue weighted by Crippen LogP contribution is -2.55. The highest BCUT2D eigenvalue weighted by Gasteiger charge is 2.55. The molecule has 0 aromatic carbocycles. The zero-order chi connectivity index (χ0) is 17.5. The number of isocyanates is 4. The van der Waals surface area contributed by atoms with Crippen LogP contribution < -0.4 is 0 Å². The first-order valence-electron chi connectivity index (χ1n) is 7.97. The second kappa shape index (κ2) is 7.87. The van der Waals surface area contributed by atoms with Gasteiger partial charge in [0, 0.05) is 0 Å². The van der Waals surface area contributed by atoms with Crippen LogP contribution in [-0.4, -0.2) is 47.5 Å². The lowest BCUT2D eigenvalue weighted by atomic mass is 9.61. The fourth-order valence-electron chi connectivity index (χ4n) is 4.10. The van der Waals surface area contributed by atoms with E-state index in [2.05, 4.69) is 20.0 Å². The summed E-state index contributed by atoms with van der Waals surface area (Å²) < 4.78 is 0. The fourth-order valence-corrected chi connectivity index (χ4v) is 4.10. The topological polar surface area (TPSA) is 118 Å². The van der Waals surface area contributed by atoms with Gasteiger partial charge in [-0.2, -0.15) is 9.98 Å². The largest absolute Gasteiger partial charge is 0.235 e. The normalized spacial score (nSPS) is 35.3. The summed E-state index contributed by atoms with van der Waals surface area (Å²) in [7, 11) is 0. The Morgan fingerprint density at radius 2 is 0.917 bits per heavy atom. The highest BCUT2D eigenvalue weighted by Crippen LogP contribution is 2.50. The van der Waals surface area contributed by atoms with Gasteiger partial charge in [-0.1, -0.05) is 0 Å². The van der Waals surface area contributed by atoms with E-state index >= 15 is 0 Å². The summed E-state index contributed by atoms with van der Waals surface area (Å²) in [6.45, 7) is 0. The lowest BCUT2D eigenvalue weighted by molar-refractivity contribution is 0.110. The third kappa shape index (κ3) is 3.38. The average Bonchev–Trinajstić information content (AvgIpc) is 2.59. The molecule has 2 aliphatic rings. The molecular formula is C16H18N4O4. The molecule has 8 nitrogen and oxygen atoms in total. The summed E-state index contributed by atoms with van der Waals surface area (Å²) in [5, 5.41) is 0. The first kappa shape index (κ1) is 17.9. The molecule has 2 saturated carbocycles. The number of rotatable bonds is 5. The van der Waals surface area contributed by atoms with Crippen molar-refractivity contribution in [3.63, 3.8) is 0 Å². The van der Waals surface area contributed by atoms with E-state index < -0.39 is 11.1 Å². The molecule has 0 aliphatic heterocycles. The molecule has 0 N–H and O–H groups in total. The van der Waals surface area contributed by atoms with Crippen molar-refractivity contribution in [1.82, 2.24) is 0 Å². The van der Waals surface area contributed by atoms with Crippen LogP contribution in [0.1, 0.15) is 51.4 Å². The summed E-state index contributed by atoms with van der Waals surface area (Å²) >= 11 is 0. The average molecular weight is 330 g/mol. The van der Waals surface area contributed by atoms with Crippen molar-refractivity contribution in [3.05, 3.63) is 0 Å². The quantitative estimate of drug-likeness (QED) is 0.563. The molecule has 2 fully saturated rings. The van der Waals surface area contributed by atoms with Crippen molar-refractivity contribution in [2.45, 2.75) is 74.5 Å². The smallest absolute Gasteiger partial charge is 0.211 e. The maximum atomic E-state index is 11.1. The van der Waals surface area contributed by atoms with Gasteiger partial charge in [0.1, 0.15) is 0 Å². The molecule has 0 aromatic rings. The summed E-state index contributed by atoms with van der Waals surface area (Å²) in [4.78, 5) is 58.6. The Labute approximate surface area is 138 Å². The van der Waals surface area contributed by atoms with E-state index in [1.807, 2.05) is 0 Å². The van der Waals surface area contributed by atoms with Gasteiger partial charge in [0.25, 0.3) is 0 Å². The Morgan fingerprint density at radius 3 is 1.17 bits per heavy atom. The van der Waals surface area contributed by atoms with Gasteiger partial charge in [-0.25, -0.2) is 29.2 Å². The highest BCUT2D eigenvalue weighted by molar-refractivity contribution is 5.41. The van der Waals surface area contributed by atoms with Crippen LogP contribution in [0, 0.1) is 0 Å². The van der Waals surface area contributed by atoms with Gasteiger partial charge in [-0.15, -0.1) is 0 Å². The van der Waals surface area contributed by atoms with Gasteiger partial charge in [0.05, 0.1) is 23.2 Å². The van der Waals surface area contributed by atoms with E-state index in [0.717, 1.165) is 0 Å². The predicted octanol–water partition coefficient (Wildman–Crippen LogP) is 1.69. The molecule has 0 saturated heterocycles. The molecule has 0 radical (unpaired) electrons. The van der Waals surface area contributed by atoms with Crippen LogP contribution >= 0.6 is 0 Å².